The third-order valence-corrected chi connectivity index (χ3v) is 2.12. The predicted octanol–water partition coefficient (Wildman–Crippen LogP) is 2.44. The molecule has 0 atom stereocenters. The second kappa shape index (κ2) is 5.68. The summed E-state index contributed by atoms with van der Waals surface area (Å²) in [7, 11) is 1.53. The molecule has 0 aliphatic heterocycles. The van der Waals surface area contributed by atoms with Gasteiger partial charge in [-0.2, -0.15) is 0 Å². The standard InChI is InChI=1S/C13H20N2O2/c1-13(2,3)9-14-12(16)10-6-5-7-11(8-10)15-17-4/h5-8,15H,9H2,1-4H3,(H,14,16). The summed E-state index contributed by atoms with van der Waals surface area (Å²) >= 11 is 0. The molecule has 0 aromatic heterocycles. The van der Waals surface area contributed by atoms with Crippen molar-refractivity contribution < 1.29 is 9.63 Å². The average molecular weight is 236 g/mol. The molecular formula is C13H20N2O2. The summed E-state index contributed by atoms with van der Waals surface area (Å²) in [6, 6.07) is 7.18. The first-order valence-corrected chi connectivity index (χ1v) is 5.59. The van der Waals surface area contributed by atoms with Gasteiger partial charge in [0.1, 0.15) is 0 Å². The molecule has 0 spiro atoms. The van der Waals surface area contributed by atoms with E-state index in [0.29, 0.717) is 12.1 Å². The van der Waals surface area contributed by atoms with E-state index in [1.54, 1.807) is 12.1 Å². The molecule has 0 aliphatic rings. The summed E-state index contributed by atoms with van der Waals surface area (Å²) in [6.07, 6.45) is 0. The average Bonchev–Trinajstić information content (AvgIpc) is 2.26. The largest absolute Gasteiger partial charge is 0.352 e. The van der Waals surface area contributed by atoms with E-state index in [4.69, 9.17) is 4.84 Å². The zero-order chi connectivity index (χ0) is 12.9. The molecule has 17 heavy (non-hydrogen) atoms. The van der Waals surface area contributed by atoms with Crippen LogP contribution in [0.3, 0.4) is 0 Å². The Bertz CT molecular complexity index is 383. The fourth-order valence-corrected chi connectivity index (χ4v) is 1.29. The van der Waals surface area contributed by atoms with Gasteiger partial charge in [0.2, 0.25) is 0 Å². The Labute approximate surface area is 102 Å². The number of nitrogens with one attached hydrogen (secondary N) is 2. The molecule has 0 saturated heterocycles. The Morgan fingerprint density at radius 2 is 2.06 bits per heavy atom. The lowest BCUT2D eigenvalue weighted by Gasteiger charge is -2.18. The minimum atomic E-state index is -0.0697. The Balaban J connectivity index is 2.65. The van der Waals surface area contributed by atoms with Gasteiger partial charge in [-0.15, -0.1) is 0 Å². The van der Waals surface area contributed by atoms with Crippen molar-refractivity contribution in [2.24, 2.45) is 5.41 Å². The molecule has 4 heteroatoms. The van der Waals surface area contributed by atoms with Crippen LogP contribution in [-0.2, 0) is 4.84 Å². The van der Waals surface area contributed by atoms with E-state index >= 15 is 0 Å². The summed E-state index contributed by atoms with van der Waals surface area (Å²) in [6.45, 7) is 6.89. The summed E-state index contributed by atoms with van der Waals surface area (Å²) in [5.41, 5.74) is 4.16. The van der Waals surface area contributed by atoms with Gasteiger partial charge in [-0.1, -0.05) is 26.8 Å². The van der Waals surface area contributed by atoms with Crippen molar-refractivity contribution in [2.75, 3.05) is 19.1 Å². The van der Waals surface area contributed by atoms with E-state index in [2.05, 4.69) is 31.6 Å². The van der Waals surface area contributed by atoms with Gasteiger partial charge >= 0.3 is 0 Å². The van der Waals surface area contributed by atoms with Crippen LogP contribution in [0.4, 0.5) is 5.69 Å². The lowest BCUT2D eigenvalue weighted by Crippen LogP contribution is -2.32. The van der Waals surface area contributed by atoms with Crippen molar-refractivity contribution in [3.63, 3.8) is 0 Å². The van der Waals surface area contributed by atoms with Crippen molar-refractivity contribution >= 4 is 11.6 Å². The summed E-state index contributed by atoms with van der Waals surface area (Å²) < 4.78 is 0. The number of rotatable bonds is 4. The molecule has 1 rings (SSSR count). The van der Waals surface area contributed by atoms with E-state index in [9.17, 15) is 4.79 Å². The Hall–Kier alpha value is -1.55. The number of amides is 1. The number of carbonyl (C=O) groups is 1. The van der Waals surface area contributed by atoms with Crippen LogP contribution in [0.5, 0.6) is 0 Å². The molecule has 94 valence electrons. The molecule has 2 N–H and O–H groups in total. The van der Waals surface area contributed by atoms with E-state index in [0.717, 1.165) is 5.69 Å². The fraction of sp³-hybridized carbons (Fsp3) is 0.462. The van der Waals surface area contributed by atoms with Crippen LogP contribution < -0.4 is 10.8 Å². The van der Waals surface area contributed by atoms with E-state index in [-0.39, 0.29) is 11.3 Å². The Kier molecular flexibility index (Phi) is 4.52. The number of hydrogen-bond acceptors (Lipinski definition) is 3. The van der Waals surface area contributed by atoms with Crippen LogP contribution in [0, 0.1) is 5.41 Å². The minimum Gasteiger partial charge on any atom is -0.352 e. The van der Waals surface area contributed by atoms with E-state index < -0.39 is 0 Å². The van der Waals surface area contributed by atoms with Gasteiger partial charge < -0.3 is 5.32 Å². The highest BCUT2D eigenvalue weighted by Crippen LogP contribution is 2.13. The Morgan fingerprint density at radius 3 is 2.65 bits per heavy atom. The third kappa shape index (κ3) is 4.87. The van der Waals surface area contributed by atoms with Gasteiger partial charge in [0.05, 0.1) is 12.8 Å². The van der Waals surface area contributed by atoms with Crippen LogP contribution in [0.1, 0.15) is 31.1 Å². The van der Waals surface area contributed by atoms with Gasteiger partial charge in [-0.3, -0.25) is 15.1 Å². The van der Waals surface area contributed by atoms with Crippen LogP contribution >= 0.6 is 0 Å². The molecule has 1 aromatic rings. The third-order valence-electron chi connectivity index (χ3n) is 2.12. The maximum atomic E-state index is 11.9. The predicted molar refractivity (Wildman–Crippen MR) is 68.9 cm³/mol. The fourth-order valence-electron chi connectivity index (χ4n) is 1.29. The number of carbonyl (C=O) groups excluding carboxylic acids is 1. The molecule has 0 fully saturated rings. The summed E-state index contributed by atoms with van der Waals surface area (Å²) in [5.74, 6) is -0.0697. The maximum Gasteiger partial charge on any atom is 0.251 e. The maximum absolute atomic E-state index is 11.9. The summed E-state index contributed by atoms with van der Waals surface area (Å²) in [4.78, 5) is 16.7. The molecule has 0 saturated carbocycles. The van der Waals surface area contributed by atoms with Crippen molar-refractivity contribution in [1.82, 2.24) is 5.32 Å². The minimum absolute atomic E-state index is 0.0697. The quantitative estimate of drug-likeness (QED) is 0.789. The summed E-state index contributed by atoms with van der Waals surface area (Å²) in [5, 5.41) is 2.90. The van der Waals surface area contributed by atoms with Crippen LogP contribution in [0.15, 0.2) is 24.3 Å². The number of benzene rings is 1. The zero-order valence-electron chi connectivity index (χ0n) is 10.8. The number of hydrogen-bond donors (Lipinski definition) is 2. The topological polar surface area (TPSA) is 50.4 Å². The Morgan fingerprint density at radius 1 is 1.35 bits per heavy atom. The first-order chi connectivity index (χ1) is 7.92. The van der Waals surface area contributed by atoms with Crippen molar-refractivity contribution in [3.8, 4) is 0 Å². The first-order valence-electron chi connectivity index (χ1n) is 5.59. The van der Waals surface area contributed by atoms with Crippen LogP contribution in [-0.4, -0.2) is 19.6 Å². The molecule has 4 nitrogen and oxygen atoms in total. The highest BCUT2D eigenvalue weighted by molar-refractivity contribution is 5.95. The molecule has 0 unspecified atom stereocenters. The monoisotopic (exact) mass is 236 g/mol. The molecular weight excluding hydrogens is 216 g/mol. The molecule has 0 radical (unpaired) electrons. The SMILES string of the molecule is CONc1cccc(C(=O)NCC(C)(C)C)c1. The highest BCUT2D eigenvalue weighted by Gasteiger charge is 2.13. The normalized spacial score (nSPS) is 11.1. The highest BCUT2D eigenvalue weighted by atomic mass is 16.6. The van der Waals surface area contributed by atoms with E-state index in [1.165, 1.54) is 7.11 Å². The van der Waals surface area contributed by atoms with E-state index in [1.807, 2.05) is 12.1 Å². The smallest absolute Gasteiger partial charge is 0.251 e. The van der Waals surface area contributed by atoms with Gasteiger partial charge in [-0.05, 0) is 23.6 Å². The molecule has 0 aliphatic carbocycles. The lowest BCUT2D eigenvalue weighted by molar-refractivity contribution is 0.0939. The van der Waals surface area contributed by atoms with Crippen LogP contribution in [0.2, 0.25) is 0 Å². The molecule has 0 bridgehead atoms. The van der Waals surface area contributed by atoms with Gasteiger partial charge in [-0.25, -0.2) is 0 Å². The van der Waals surface area contributed by atoms with Gasteiger partial charge in [0.15, 0.2) is 0 Å². The molecule has 1 amide bonds. The first kappa shape index (κ1) is 13.5. The van der Waals surface area contributed by atoms with Crippen molar-refractivity contribution in [2.45, 2.75) is 20.8 Å². The van der Waals surface area contributed by atoms with Crippen LogP contribution in [0.25, 0.3) is 0 Å². The zero-order valence-corrected chi connectivity index (χ0v) is 10.8. The number of anilines is 1. The second-order valence-corrected chi connectivity index (χ2v) is 5.13. The lowest BCUT2D eigenvalue weighted by atomic mass is 9.97. The molecule has 1 aromatic carbocycles. The second-order valence-electron chi connectivity index (χ2n) is 5.13. The van der Waals surface area contributed by atoms with Gasteiger partial charge in [0, 0.05) is 12.1 Å². The molecule has 0 heterocycles. The van der Waals surface area contributed by atoms with Gasteiger partial charge in [0.25, 0.3) is 5.91 Å². The van der Waals surface area contributed by atoms with Crippen molar-refractivity contribution in [3.05, 3.63) is 29.8 Å². The van der Waals surface area contributed by atoms with Crippen molar-refractivity contribution in [1.29, 1.82) is 0 Å².